The molecule has 0 fully saturated rings. The number of ketones is 1. The van der Waals surface area contributed by atoms with Gasteiger partial charge in [-0.1, -0.05) is 35.9 Å². The third kappa shape index (κ3) is 3.20. The molecule has 0 saturated carbocycles. The number of fused-ring (bicyclic) bond motifs is 1. The largest absolute Gasteiger partial charge is 0.492 e. The van der Waals surface area contributed by atoms with Crippen molar-refractivity contribution in [2.75, 3.05) is 6.61 Å². The molecule has 1 N–H and O–H groups in total. The molecular formula is C18H19NO4S. The van der Waals surface area contributed by atoms with Crippen molar-refractivity contribution in [3.8, 4) is 5.75 Å². The van der Waals surface area contributed by atoms with Crippen LogP contribution >= 0.6 is 0 Å². The van der Waals surface area contributed by atoms with Gasteiger partial charge in [0.1, 0.15) is 11.5 Å². The third-order valence-electron chi connectivity index (χ3n) is 4.21. The van der Waals surface area contributed by atoms with Crippen LogP contribution in [0, 0.1) is 12.8 Å². The Balaban J connectivity index is 1.99. The van der Waals surface area contributed by atoms with E-state index >= 15 is 0 Å². The summed E-state index contributed by atoms with van der Waals surface area (Å²) in [4.78, 5) is 12.2. The fourth-order valence-electron chi connectivity index (χ4n) is 2.81. The first-order chi connectivity index (χ1) is 11.4. The topological polar surface area (TPSA) is 72.5 Å². The van der Waals surface area contributed by atoms with Crippen molar-refractivity contribution in [1.29, 1.82) is 0 Å². The quantitative estimate of drug-likeness (QED) is 0.924. The highest BCUT2D eigenvalue weighted by atomic mass is 32.2. The third-order valence-corrected chi connectivity index (χ3v) is 5.67. The molecule has 5 nitrogen and oxygen atoms in total. The maximum atomic E-state index is 12.7. The van der Waals surface area contributed by atoms with Crippen molar-refractivity contribution in [2.24, 2.45) is 5.92 Å². The number of aryl methyl sites for hydroxylation is 1. The van der Waals surface area contributed by atoms with E-state index in [1.54, 1.807) is 42.5 Å². The zero-order valence-corrected chi connectivity index (χ0v) is 14.3. The molecule has 2 aromatic carbocycles. The molecule has 24 heavy (non-hydrogen) atoms. The second kappa shape index (κ2) is 6.37. The number of benzene rings is 2. The number of Topliss-reactive ketones (excluding diaryl/α,β-unsaturated/α-hetero) is 1. The summed E-state index contributed by atoms with van der Waals surface area (Å²) in [7, 11) is -3.74. The van der Waals surface area contributed by atoms with Gasteiger partial charge in [-0.2, -0.15) is 0 Å². The van der Waals surface area contributed by atoms with Crippen molar-refractivity contribution in [3.63, 3.8) is 0 Å². The molecule has 2 unspecified atom stereocenters. The van der Waals surface area contributed by atoms with Gasteiger partial charge in [-0.3, -0.25) is 4.79 Å². The van der Waals surface area contributed by atoms with Crippen LogP contribution < -0.4 is 9.46 Å². The number of hydrogen-bond donors (Lipinski definition) is 1. The zero-order valence-electron chi connectivity index (χ0n) is 13.5. The highest BCUT2D eigenvalue weighted by molar-refractivity contribution is 7.89. The summed E-state index contributed by atoms with van der Waals surface area (Å²) < 4.78 is 33.8. The molecule has 2 aromatic rings. The van der Waals surface area contributed by atoms with Gasteiger partial charge in [0.2, 0.25) is 10.0 Å². The van der Waals surface area contributed by atoms with E-state index in [0.29, 0.717) is 11.3 Å². The number of para-hydroxylation sites is 1. The standard InChI is InChI=1S/C18H19NO4S/c1-12-7-9-14(10-8-12)24(21,22)19-18-15-5-3-4-6-17(15)23-11-16(18)13(2)20/h3-10,16,18-19H,11H2,1-2H3. The Morgan fingerprint density at radius 1 is 1.12 bits per heavy atom. The molecule has 1 aliphatic heterocycles. The molecule has 0 aliphatic carbocycles. The van der Waals surface area contributed by atoms with E-state index in [2.05, 4.69) is 4.72 Å². The predicted octanol–water partition coefficient (Wildman–Crippen LogP) is 2.61. The van der Waals surface area contributed by atoms with Gasteiger partial charge < -0.3 is 4.74 Å². The second-order valence-electron chi connectivity index (χ2n) is 5.98. The van der Waals surface area contributed by atoms with Crippen LogP contribution in [-0.2, 0) is 14.8 Å². The molecular weight excluding hydrogens is 326 g/mol. The Morgan fingerprint density at radius 2 is 1.79 bits per heavy atom. The van der Waals surface area contributed by atoms with Crippen LogP contribution in [0.15, 0.2) is 53.4 Å². The van der Waals surface area contributed by atoms with Gasteiger partial charge in [0.25, 0.3) is 0 Å². The monoisotopic (exact) mass is 345 g/mol. The van der Waals surface area contributed by atoms with Gasteiger partial charge >= 0.3 is 0 Å². The summed E-state index contributed by atoms with van der Waals surface area (Å²) in [6, 6.07) is 13.2. The van der Waals surface area contributed by atoms with Gasteiger partial charge in [0.15, 0.2) is 0 Å². The van der Waals surface area contributed by atoms with Crippen LogP contribution in [0.2, 0.25) is 0 Å². The van der Waals surface area contributed by atoms with Crippen molar-refractivity contribution in [1.82, 2.24) is 4.72 Å². The van der Waals surface area contributed by atoms with E-state index in [1.807, 2.05) is 13.0 Å². The molecule has 1 heterocycles. The molecule has 2 atom stereocenters. The maximum absolute atomic E-state index is 12.7. The van der Waals surface area contributed by atoms with Crippen molar-refractivity contribution < 1.29 is 17.9 Å². The van der Waals surface area contributed by atoms with Crippen LogP contribution in [0.4, 0.5) is 0 Å². The number of sulfonamides is 1. The first kappa shape index (κ1) is 16.7. The summed E-state index contributed by atoms with van der Waals surface area (Å²) in [5.41, 5.74) is 1.66. The van der Waals surface area contributed by atoms with Crippen LogP contribution in [0.1, 0.15) is 24.1 Å². The first-order valence-corrected chi connectivity index (χ1v) is 9.18. The van der Waals surface area contributed by atoms with Crippen LogP contribution in [0.5, 0.6) is 5.75 Å². The lowest BCUT2D eigenvalue weighted by molar-refractivity contribution is -0.123. The highest BCUT2D eigenvalue weighted by Crippen LogP contribution is 2.36. The summed E-state index contributed by atoms with van der Waals surface area (Å²) in [5, 5.41) is 0. The average molecular weight is 345 g/mol. The van der Waals surface area contributed by atoms with Crippen molar-refractivity contribution in [3.05, 3.63) is 59.7 Å². The lowest BCUT2D eigenvalue weighted by atomic mass is 9.89. The second-order valence-corrected chi connectivity index (χ2v) is 7.69. The molecule has 0 aromatic heterocycles. The van der Waals surface area contributed by atoms with Gasteiger partial charge in [-0.25, -0.2) is 13.1 Å². The fraction of sp³-hybridized carbons (Fsp3) is 0.278. The predicted molar refractivity (Wildman–Crippen MR) is 90.3 cm³/mol. The normalized spacial score (nSPS) is 20.1. The van der Waals surface area contributed by atoms with E-state index in [-0.39, 0.29) is 17.3 Å². The minimum Gasteiger partial charge on any atom is -0.492 e. The van der Waals surface area contributed by atoms with Crippen LogP contribution in [0.3, 0.4) is 0 Å². The molecule has 0 spiro atoms. The summed E-state index contributed by atoms with van der Waals surface area (Å²) in [5.74, 6) is -0.0622. The van der Waals surface area contributed by atoms with E-state index in [1.165, 1.54) is 6.92 Å². The first-order valence-electron chi connectivity index (χ1n) is 7.69. The van der Waals surface area contributed by atoms with Gasteiger partial charge in [-0.15, -0.1) is 0 Å². The number of carbonyl (C=O) groups is 1. The van der Waals surface area contributed by atoms with E-state index in [9.17, 15) is 13.2 Å². The lowest BCUT2D eigenvalue weighted by Gasteiger charge is -2.32. The highest BCUT2D eigenvalue weighted by Gasteiger charge is 2.36. The molecule has 3 rings (SSSR count). The molecule has 0 bridgehead atoms. The van der Waals surface area contributed by atoms with Crippen molar-refractivity contribution >= 4 is 15.8 Å². The minimum absolute atomic E-state index is 0.110. The number of carbonyl (C=O) groups excluding carboxylic acids is 1. The van der Waals surface area contributed by atoms with E-state index < -0.39 is 22.0 Å². The van der Waals surface area contributed by atoms with Gasteiger partial charge in [0.05, 0.1) is 23.5 Å². The Hall–Kier alpha value is -2.18. The van der Waals surface area contributed by atoms with Gasteiger partial charge in [-0.05, 0) is 32.0 Å². The molecule has 0 saturated heterocycles. The number of rotatable bonds is 4. The Morgan fingerprint density at radius 3 is 2.46 bits per heavy atom. The average Bonchev–Trinajstić information content (AvgIpc) is 2.55. The summed E-state index contributed by atoms with van der Waals surface area (Å²) >= 11 is 0. The molecule has 0 amide bonds. The number of hydrogen-bond acceptors (Lipinski definition) is 4. The number of nitrogens with one attached hydrogen (secondary N) is 1. The van der Waals surface area contributed by atoms with Crippen LogP contribution in [0.25, 0.3) is 0 Å². The molecule has 1 aliphatic rings. The van der Waals surface area contributed by atoms with Crippen molar-refractivity contribution in [2.45, 2.75) is 24.8 Å². The van der Waals surface area contributed by atoms with Gasteiger partial charge in [0, 0.05) is 5.56 Å². The molecule has 6 heteroatoms. The molecule has 0 radical (unpaired) electrons. The smallest absolute Gasteiger partial charge is 0.241 e. The summed E-state index contributed by atoms with van der Waals surface area (Å²) in [6.07, 6.45) is 0. The van der Waals surface area contributed by atoms with E-state index in [0.717, 1.165) is 5.56 Å². The summed E-state index contributed by atoms with van der Waals surface area (Å²) in [6.45, 7) is 3.51. The SMILES string of the molecule is CC(=O)C1COc2ccccc2C1NS(=O)(=O)c1ccc(C)cc1. The minimum atomic E-state index is -3.74. The Labute approximate surface area is 141 Å². The Kier molecular flexibility index (Phi) is 4.43. The fourth-order valence-corrected chi connectivity index (χ4v) is 4.07. The zero-order chi connectivity index (χ0) is 17.3. The lowest BCUT2D eigenvalue weighted by Crippen LogP contribution is -2.41. The molecule has 126 valence electrons. The maximum Gasteiger partial charge on any atom is 0.241 e. The Bertz CT molecular complexity index is 859. The number of ether oxygens (including phenoxy) is 1. The van der Waals surface area contributed by atoms with Crippen LogP contribution in [-0.4, -0.2) is 20.8 Å². The van der Waals surface area contributed by atoms with E-state index in [4.69, 9.17) is 4.74 Å².